The Balaban J connectivity index is 1.90. The lowest BCUT2D eigenvalue weighted by Crippen LogP contribution is -2.33. The van der Waals surface area contributed by atoms with E-state index in [0.717, 1.165) is 12.8 Å². The summed E-state index contributed by atoms with van der Waals surface area (Å²) in [7, 11) is -3.57. The van der Waals surface area contributed by atoms with Crippen LogP contribution in [-0.4, -0.2) is 48.0 Å². The van der Waals surface area contributed by atoms with Gasteiger partial charge in [-0.05, 0) is 31.9 Å². The van der Waals surface area contributed by atoms with Crippen LogP contribution in [0.25, 0.3) is 5.52 Å². The van der Waals surface area contributed by atoms with Crippen LogP contribution < -0.4 is 4.72 Å². The maximum atomic E-state index is 12.3. The smallest absolute Gasteiger partial charge is 0.341 e. The van der Waals surface area contributed by atoms with Gasteiger partial charge in [0.25, 0.3) is 0 Å². The van der Waals surface area contributed by atoms with Crippen LogP contribution in [0.1, 0.15) is 30.1 Å². The third kappa shape index (κ3) is 3.15. The largest absolute Gasteiger partial charge is 0.462 e. The molecule has 1 fully saturated rings. The van der Waals surface area contributed by atoms with Gasteiger partial charge in [0.1, 0.15) is 5.56 Å². The Bertz CT molecular complexity index is 824. The molecule has 0 unspecified atom stereocenters. The van der Waals surface area contributed by atoms with Gasteiger partial charge in [-0.25, -0.2) is 9.31 Å². The Morgan fingerprint density at radius 3 is 2.83 bits per heavy atom. The van der Waals surface area contributed by atoms with Crippen molar-refractivity contribution in [2.75, 3.05) is 24.4 Å². The molecular weight excluding hydrogens is 320 g/mol. The number of hydrogen-bond acceptors (Lipinski definition) is 5. The number of rotatable bonds is 5. The maximum absolute atomic E-state index is 12.3. The Labute approximate surface area is 134 Å². The van der Waals surface area contributed by atoms with Crippen molar-refractivity contribution in [2.45, 2.75) is 19.8 Å². The molecule has 23 heavy (non-hydrogen) atoms. The first-order valence-electron chi connectivity index (χ1n) is 7.43. The quantitative estimate of drug-likeness (QED) is 0.829. The Kier molecular flexibility index (Phi) is 4.22. The zero-order valence-electron chi connectivity index (χ0n) is 12.7. The molecule has 2 aromatic rings. The monoisotopic (exact) mass is 338 g/mol. The van der Waals surface area contributed by atoms with Gasteiger partial charge in [-0.15, -0.1) is 0 Å². The van der Waals surface area contributed by atoms with Crippen molar-refractivity contribution in [1.82, 2.24) is 13.9 Å². The molecule has 0 amide bonds. The van der Waals surface area contributed by atoms with E-state index in [1.54, 1.807) is 25.3 Å². The van der Waals surface area contributed by atoms with Gasteiger partial charge in [-0.3, -0.25) is 4.72 Å². The lowest BCUT2D eigenvalue weighted by molar-refractivity contribution is 0.0528. The number of ether oxygens (including phenoxy) is 1. The van der Waals surface area contributed by atoms with Crippen molar-refractivity contribution >= 4 is 27.4 Å². The third-order valence-electron chi connectivity index (χ3n) is 3.67. The molecule has 1 aliphatic heterocycles. The van der Waals surface area contributed by atoms with Gasteiger partial charge in [0.05, 0.1) is 24.0 Å². The van der Waals surface area contributed by atoms with Crippen LogP contribution in [0.4, 0.5) is 5.69 Å². The number of hydrogen-bond donors (Lipinski definition) is 1. The van der Waals surface area contributed by atoms with Gasteiger partial charge in [-0.1, -0.05) is 0 Å². The summed E-state index contributed by atoms with van der Waals surface area (Å²) in [5, 5.41) is 4.07. The number of aromatic nitrogens is 2. The van der Waals surface area contributed by atoms with Gasteiger partial charge in [0.15, 0.2) is 0 Å². The molecule has 9 heteroatoms. The SMILES string of the molecule is CCOC(=O)c1cnn2ccc(NS(=O)(=O)N3CCCC3)cc12. The van der Waals surface area contributed by atoms with E-state index in [1.165, 1.54) is 15.0 Å². The summed E-state index contributed by atoms with van der Waals surface area (Å²) in [5.74, 6) is -0.484. The van der Waals surface area contributed by atoms with Crippen molar-refractivity contribution < 1.29 is 17.9 Å². The van der Waals surface area contributed by atoms with Crippen LogP contribution in [0.15, 0.2) is 24.5 Å². The number of anilines is 1. The molecule has 8 nitrogen and oxygen atoms in total. The molecule has 0 aromatic carbocycles. The standard InChI is InChI=1S/C14H18N4O4S/c1-2-22-14(19)12-10-15-18-8-5-11(9-13(12)18)16-23(20,21)17-6-3-4-7-17/h5,8-10,16H,2-4,6-7H2,1H3. The predicted octanol–water partition coefficient (Wildman–Crippen LogP) is 1.26. The number of nitrogens with zero attached hydrogens (tertiary/aromatic N) is 3. The molecule has 0 atom stereocenters. The highest BCUT2D eigenvalue weighted by Gasteiger charge is 2.25. The minimum Gasteiger partial charge on any atom is -0.462 e. The average molecular weight is 338 g/mol. The first-order valence-corrected chi connectivity index (χ1v) is 8.87. The number of pyridine rings is 1. The van der Waals surface area contributed by atoms with E-state index in [0.29, 0.717) is 29.9 Å². The Hall–Kier alpha value is -2.13. The van der Waals surface area contributed by atoms with Crippen LogP contribution in [0.5, 0.6) is 0 Å². The van der Waals surface area contributed by atoms with Gasteiger partial charge in [0, 0.05) is 19.3 Å². The van der Waals surface area contributed by atoms with E-state index in [-0.39, 0.29) is 6.61 Å². The first-order chi connectivity index (χ1) is 11.0. The zero-order valence-corrected chi connectivity index (χ0v) is 13.5. The van der Waals surface area contributed by atoms with Crippen molar-refractivity contribution in [1.29, 1.82) is 0 Å². The highest BCUT2D eigenvalue weighted by Crippen LogP contribution is 2.20. The third-order valence-corrected chi connectivity index (χ3v) is 5.21. The maximum Gasteiger partial charge on any atom is 0.341 e. The van der Waals surface area contributed by atoms with Crippen molar-refractivity contribution in [3.8, 4) is 0 Å². The molecule has 0 bridgehead atoms. The van der Waals surface area contributed by atoms with Crippen LogP contribution in [0.2, 0.25) is 0 Å². The minimum atomic E-state index is -3.57. The highest BCUT2D eigenvalue weighted by molar-refractivity contribution is 7.90. The van der Waals surface area contributed by atoms with E-state index in [2.05, 4.69) is 9.82 Å². The second kappa shape index (κ2) is 6.17. The fourth-order valence-corrected chi connectivity index (χ4v) is 3.85. The van der Waals surface area contributed by atoms with Gasteiger partial charge < -0.3 is 4.74 Å². The zero-order chi connectivity index (χ0) is 16.4. The van der Waals surface area contributed by atoms with E-state index in [9.17, 15) is 13.2 Å². The normalized spacial score (nSPS) is 15.9. The summed E-state index contributed by atoms with van der Waals surface area (Å²) in [4.78, 5) is 11.9. The number of nitrogens with one attached hydrogen (secondary N) is 1. The summed E-state index contributed by atoms with van der Waals surface area (Å²) in [5.41, 5.74) is 1.18. The summed E-state index contributed by atoms with van der Waals surface area (Å²) >= 11 is 0. The van der Waals surface area contributed by atoms with Gasteiger partial charge >= 0.3 is 16.2 Å². The van der Waals surface area contributed by atoms with Gasteiger partial charge in [0.2, 0.25) is 0 Å². The van der Waals surface area contributed by atoms with E-state index >= 15 is 0 Å². The molecule has 124 valence electrons. The second-order valence-corrected chi connectivity index (χ2v) is 6.91. The van der Waals surface area contributed by atoms with Gasteiger partial charge in [-0.2, -0.15) is 17.8 Å². The summed E-state index contributed by atoms with van der Waals surface area (Å²) < 4.78 is 35.0. The Morgan fingerprint density at radius 2 is 2.13 bits per heavy atom. The van der Waals surface area contributed by atoms with Crippen LogP contribution >= 0.6 is 0 Å². The number of carbonyl (C=O) groups excluding carboxylic acids is 1. The summed E-state index contributed by atoms with van der Waals surface area (Å²) in [6, 6.07) is 3.18. The predicted molar refractivity (Wildman–Crippen MR) is 84.5 cm³/mol. The van der Waals surface area contributed by atoms with Crippen LogP contribution in [0, 0.1) is 0 Å². The van der Waals surface area contributed by atoms with E-state index in [1.807, 2.05) is 0 Å². The number of esters is 1. The molecule has 0 saturated carbocycles. The van der Waals surface area contributed by atoms with Crippen LogP contribution in [-0.2, 0) is 14.9 Å². The topological polar surface area (TPSA) is 93.0 Å². The second-order valence-electron chi connectivity index (χ2n) is 5.24. The van der Waals surface area contributed by atoms with E-state index in [4.69, 9.17) is 4.74 Å². The minimum absolute atomic E-state index is 0.261. The number of carbonyl (C=O) groups is 1. The molecule has 2 aromatic heterocycles. The molecule has 1 saturated heterocycles. The van der Waals surface area contributed by atoms with Crippen molar-refractivity contribution in [3.63, 3.8) is 0 Å². The highest BCUT2D eigenvalue weighted by atomic mass is 32.2. The fourth-order valence-electron chi connectivity index (χ4n) is 2.55. The number of fused-ring (bicyclic) bond motifs is 1. The molecule has 1 aliphatic rings. The molecule has 3 heterocycles. The molecule has 1 N–H and O–H groups in total. The molecular formula is C14H18N4O4S. The van der Waals surface area contributed by atoms with Crippen molar-refractivity contribution in [2.24, 2.45) is 0 Å². The lowest BCUT2D eigenvalue weighted by atomic mass is 10.2. The molecule has 3 rings (SSSR count). The average Bonchev–Trinajstić information content (AvgIpc) is 3.16. The van der Waals surface area contributed by atoms with Crippen LogP contribution in [0.3, 0.4) is 0 Å². The molecule has 0 aliphatic carbocycles. The summed E-state index contributed by atoms with van der Waals surface area (Å²) in [6.07, 6.45) is 4.75. The summed E-state index contributed by atoms with van der Waals surface area (Å²) in [6.45, 7) is 3.04. The lowest BCUT2D eigenvalue weighted by Gasteiger charge is -2.16. The fraction of sp³-hybridized carbons (Fsp3) is 0.429. The Morgan fingerprint density at radius 1 is 1.39 bits per heavy atom. The molecule has 0 radical (unpaired) electrons. The van der Waals surface area contributed by atoms with Crippen molar-refractivity contribution in [3.05, 3.63) is 30.1 Å². The van der Waals surface area contributed by atoms with E-state index < -0.39 is 16.2 Å². The first kappa shape index (κ1) is 15.8. The molecule has 0 spiro atoms.